The van der Waals surface area contributed by atoms with Gasteiger partial charge in [0.15, 0.2) is 0 Å². The van der Waals surface area contributed by atoms with Crippen LogP contribution >= 0.6 is 15.9 Å². The summed E-state index contributed by atoms with van der Waals surface area (Å²) in [6.45, 7) is -2.48. The summed E-state index contributed by atoms with van der Waals surface area (Å²) in [5, 5.41) is 1.87. The van der Waals surface area contributed by atoms with E-state index in [9.17, 15) is 4.79 Å². The van der Waals surface area contributed by atoms with Crippen LogP contribution in [-0.4, -0.2) is 17.9 Å². The van der Waals surface area contributed by atoms with E-state index >= 15 is 0 Å². The molecule has 0 radical (unpaired) electrons. The van der Waals surface area contributed by atoms with E-state index in [1.54, 1.807) is 6.07 Å². The number of aromatic nitrogens is 1. The Morgan fingerprint density at radius 2 is 2.73 bits per heavy atom. The summed E-state index contributed by atoms with van der Waals surface area (Å²) >= 11 is 3.12. The third-order valence-corrected chi connectivity index (χ3v) is 1.82. The van der Waals surface area contributed by atoms with Crippen molar-refractivity contribution in [3.8, 4) is 0 Å². The number of carbonyl (C=O) groups is 1. The van der Waals surface area contributed by atoms with E-state index < -0.39 is 12.9 Å². The Hall–Kier alpha value is -0.900. The first-order chi connectivity index (χ1) is 6.40. The molecule has 0 atom stereocenters. The lowest BCUT2D eigenvalue weighted by Gasteiger charge is -1.99. The SMILES string of the molecule is [2H]C([2H])([2H])NC(=O)c1cnccc1Br. The summed E-state index contributed by atoms with van der Waals surface area (Å²) in [7, 11) is 0. The Kier molecular flexibility index (Phi) is 1.54. The Morgan fingerprint density at radius 3 is 3.36 bits per heavy atom. The molecular weight excluding hydrogens is 208 g/mol. The van der Waals surface area contributed by atoms with Gasteiger partial charge >= 0.3 is 0 Å². The molecule has 1 N–H and O–H groups in total. The van der Waals surface area contributed by atoms with Crippen molar-refractivity contribution in [3.63, 3.8) is 0 Å². The molecule has 0 bridgehead atoms. The molecule has 0 aliphatic rings. The Balaban J connectivity index is 2.86. The van der Waals surface area contributed by atoms with Crippen LogP contribution in [0.25, 0.3) is 0 Å². The molecule has 1 heterocycles. The zero-order chi connectivity index (χ0) is 10.8. The number of carbonyl (C=O) groups excluding carboxylic acids is 1. The maximum absolute atomic E-state index is 11.3. The fourth-order valence-corrected chi connectivity index (χ4v) is 1.01. The monoisotopic (exact) mass is 217 g/mol. The minimum absolute atomic E-state index is 0.198. The van der Waals surface area contributed by atoms with Crippen LogP contribution in [0.1, 0.15) is 14.5 Å². The van der Waals surface area contributed by atoms with E-state index in [2.05, 4.69) is 20.9 Å². The number of halogens is 1. The summed E-state index contributed by atoms with van der Waals surface area (Å²) in [5.74, 6) is -0.676. The lowest BCUT2D eigenvalue weighted by Crippen LogP contribution is -2.18. The van der Waals surface area contributed by atoms with Crippen LogP contribution in [-0.2, 0) is 0 Å². The molecule has 1 rings (SSSR count). The second-order valence-corrected chi connectivity index (χ2v) is 2.66. The van der Waals surface area contributed by atoms with Gasteiger partial charge < -0.3 is 5.32 Å². The molecule has 0 saturated carbocycles. The van der Waals surface area contributed by atoms with Gasteiger partial charge in [-0.25, -0.2) is 0 Å². The number of amides is 1. The second kappa shape index (κ2) is 3.48. The van der Waals surface area contributed by atoms with Gasteiger partial charge in [0.25, 0.3) is 5.91 Å². The highest BCUT2D eigenvalue weighted by atomic mass is 79.9. The van der Waals surface area contributed by atoms with E-state index in [4.69, 9.17) is 4.11 Å². The molecule has 58 valence electrons. The van der Waals surface area contributed by atoms with Crippen LogP contribution in [0, 0.1) is 0 Å². The number of hydrogen-bond donors (Lipinski definition) is 1. The van der Waals surface area contributed by atoms with Crippen molar-refractivity contribution in [1.82, 2.24) is 10.3 Å². The molecule has 4 heteroatoms. The Labute approximate surface area is 77.2 Å². The largest absolute Gasteiger partial charge is 0.355 e. The molecule has 0 unspecified atom stereocenters. The van der Waals surface area contributed by atoms with Crippen LogP contribution in [0.15, 0.2) is 22.9 Å². The van der Waals surface area contributed by atoms with Crippen molar-refractivity contribution >= 4 is 21.8 Å². The number of nitrogens with one attached hydrogen (secondary N) is 1. The van der Waals surface area contributed by atoms with Gasteiger partial charge in [0.1, 0.15) is 0 Å². The topological polar surface area (TPSA) is 42.0 Å². The van der Waals surface area contributed by atoms with Gasteiger partial charge in [-0.15, -0.1) is 0 Å². The highest BCUT2D eigenvalue weighted by molar-refractivity contribution is 9.10. The Bertz CT molecular complexity index is 353. The first-order valence-electron chi connectivity index (χ1n) is 4.32. The predicted molar refractivity (Wildman–Crippen MR) is 45.3 cm³/mol. The summed E-state index contributed by atoms with van der Waals surface area (Å²) in [5.41, 5.74) is 0.198. The molecule has 3 nitrogen and oxygen atoms in total. The fourth-order valence-electron chi connectivity index (χ4n) is 0.612. The van der Waals surface area contributed by atoms with Crippen LogP contribution in [0.2, 0.25) is 0 Å². The third kappa shape index (κ3) is 1.77. The van der Waals surface area contributed by atoms with Crippen molar-refractivity contribution in [2.24, 2.45) is 0 Å². The van der Waals surface area contributed by atoms with Gasteiger partial charge in [0, 0.05) is 28.0 Å². The molecule has 11 heavy (non-hydrogen) atoms. The van der Waals surface area contributed by atoms with E-state index in [1.807, 2.05) is 5.32 Å². The van der Waals surface area contributed by atoms with Crippen LogP contribution in [0.5, 0.6) is 0 Å². The molecule has 0 aliphatic heterocycles. The average molecular weight is 218 g/mol. The average Bonchev–Trinajstić information content (AvgIpc) is 2.01. The molecule has 1 aromatic rings. The lowest BCUT2D eigenvalue weighted by atomic mass is 10.3. The lowest BCUT2D eigenvalue weighted by molar-refractivity contribution is 0.0962. The number of nitrogens with zero attached hydrogens (tertiary/aromatic N) is 1. The van der Waals surface area contributed by atoms with Crippen molar-refractivity contribution in [2.45, 2.75) is 0 Å². The van der Waals surface area contributed by atoms with Crippen molar-refractivity contribution < 1.29 is 8.91 Å². The zero-order valence-electron chi connectivity index (χ0n) is 8.47. The fraction of sp³-hybridized carbons (Fsp3) is 0.143. The normalized spacial score (nSPS) is 14.5. The molecule has 0 aromatic carbocycles. The maximum atomic E-state index is 11.3. The van der Waals surface area contributed by atoms with Crippen LogP contribution < -0.4 is 5.32 Å². The standard InChI is InChI=1S/C7H7BrN2O/c1-9-7(11)5-4-10-3-2-6(5)8/h2-4H,1H3,(H,9,11)/i1D3. The van der Waals surface area contributed by atoms with Crippen molar-refractivity contribution in [3.05, 3.63) is 28.5 Å². The molecular formula is C7H7BrN2O. The molecule has 0 fully saturated rings. The van der Waals surface area contributed by atoms with Gasteiger partial charge in [-0.3, -0.25) is 9.78 Å². The van der Waals surface area contributed by atoms with Crippen LogP contribution in [0.3, 0.4) is 0 Å². The Morgan fingerprint density at radius 1 is 1.91 bits per heavy atom. The molecule has 0 saturated heterocycles. The molecule has 1 amide bonds. The molecule has 0 spiro atoms. The van der Waals surface area contributed by atoms with Gasteiger partial charge in [-0.1, -0.05) is 0 Å². The third-order valence-electron chi connectivity index (χ3n) is 1.13. The first kappa shape index (κ1) is 4.87. The van der Waals surface area contributed by atoms with Gasteiger partial charge in [0.05, 0.1) is 5.56 Å². The number of rotatable bonds is 1. The quantitative estimate of drug-likeness (QED) is 0.769. The highest BCUT2D eigenvalue weighted by Gasteiger charge is 2.05. The van der Waals surface area contributed by atoms with Gasteiger partial charge in [-0.05, 0) is 22.0 Å². The van der Waals surface area contributed by atoms with Crippen molar-refractivity contribution in [2.75, 3.05) is 6.98 Å². The number of hydrogen-bond acceptors (Lipinski definition) is 2. The smallest absolute Gasteiger partial charge is 0.253 e. The van der Waals surface area contributed by atoms with E-state index in [-0.39, 0.29) is 5.56 Å². The van der Waals surface area contributed by atoms with Gasteiger partial charge in [0.2, 0.25) is 0 Å². The number of pyridine rings is 1. The highest BCUT2D eigenvalue weighted by Crippen LogP contribution is 2.13. The first-order valence-corrected chi connectivity index (χ1v) is 3.61. The summed E-state index contributed by atoms with van der Waals surface area (Å²) in [6.07, 6.45) is 2.79. The summed E-state index contributed by atoms with van der Waals surface area (Å²) < 4.78 is 21.1. The molecule has 0 aliphatic carbocycles. The maximum Gasteiger partial charge on any atom is 0.253 e. The summed E-state index contributed by atoms with van der Waals surface area (Å²) in [4.78, 5) is 15.1. The minimum Gasteiger partial charge on any atom is -0.355 e. The molecule has 1 aromatic heterocycles. The predicted octanol–water partition coefficient (Wildman–Crippen LogP) is 1.20. The minimum atomic E-state index is -2.48. The van der Waals surface area contributed by atoms with Gasteiger partial charge in [-0.2, -0.15) is 0 Å². The second-order valence-electron chi connectivity index (χ2n) is 1.81. The van der Waals surface area contributed by atoms with E-state index in [1.165, 1.54) is 12.4 Å². The summed E-state index contributed by atoms with van der Waals surface area (Å²) in [6, 6.07) is 1.56. The van der Waals surface area contributed by atoms with E-state index in [0.29, 0.717) is 4.47 Å². The van der Waals surface area contributed by atoms with Crippen LogP contribution in [0.4, 0.5) is 0 Å². The van der Waals surface area contributed by atoms with Crippen molar-refractivity contribution in [1.29, 1.82) is 0 Å². The van der Waals surface area contributed by atoms with E-state index in [0.717, 1.165) is 0 Å². The zero-order valence-corrected chi connectivity index (χ0v) is 7.05.